The molecule has 0 fully saturated rings. The van der Waals surface area contributed by atoms with Crippen LogP contribution in [0.15, 0.2) is 121 Å². The predicted octanol–water partition coefficient (Wildman–Crippen LogP) is 6.54. The summed E-state index contributed by atoms with van der Waals surface area (Å²) >= 11 is 0. The van der Waals surface area contributed by atoms with Crippen molar-refractivity contribution in [1.29, 1.82) is 0 Å². The lowest BCUT2D eigenvalue weighted by molar-refractivity contribution is -0.385. The maximum absolute atomic E-state index is 11.6. The molecule has 11 heteroatoms. The monoisotopic (exact) mass is 599 g/mol. The van der Waals surface area contributed by atoms with Gasteiger partial charge in [0.1, 0.15) is 5.75 Å². The molecule has 0 aliphatic heterocycles. The molecule has 0 saturated carbocycles. The van der Waals surface area contributed by atoms with E-state index >= 15 is 0 Å². The Labute approximate surface area is 258 Å². The summed E-state index contributed by atoms with van der Waals surface area (Å²) in [6, 6.07) is 33.9. The lowest BCUT2D eigenvalue weighted by Gasteiger charge is -2.25. The molecule has 0 atom stereocenters. The van der Waals surface area contributed by atoms with Crippen molar-refractivity contribution in [3.8, 4) is 5.75 Å². The first-order chi connectivity index (χ1) is 21.7. The van der Waals surface area contributed by atoms with Gasteiger partial charge in [-0.2, -0.15) is 0 Å². The van der Waals surface area contributed by atoms with E-state index in [0.717, 1.165) is 22.3 Å². The maximum atomic E-state index is 11.6. The quantitative estimate of drug-likeness (QED) is 0.0769. The van der Waals surface area contributed by atoms with Crippen molar-refractivity contribution >= 4 is 45.7 Å². The van der Waals surface area contributed by atoms with E-state index in [2.05, 4.69) is 0 Å². The molecule has 45 heavy (non-hydrogen) atoms. The van der Waals surface area contributed by atoms with Gasteiger partial charge in [0, 0.05) is 42.0 Å². The lowest BCUT2D eigenvalue weighted by atomic mass is 9.34. The van der Waals surface area contributed by atoms with E-state index in [1.165, 1.54) is 36.4 Å². The fraction of sp³-hybridized carbons (Fsp3) is 0.0588. The molecule has 0 N–H and O–H groups in total. The van der Waals surface area contributed by atoms with Crippen molar-refractivity contribution in [2.45, 2.75) is 6.92 Å². The third-order valence-electron chi connectivity index (χ3n) is 7.54. The molecular weight excluding hydrogens is 573 g/mol. The van der Waals surface area contributed by atoms with E-state index in [1.807, 2.05) is 55.5 Å². The molecule has 0 aromatic heterocycles. The number of nitrogens with zero attached hydrogens (tertiary/aromatic N) is 3. The maximum Gasteiger partial charge on any atom is 0.269 e. The van der Waals surface area contributed by atoms with Gasteiger partial charge in [-0.3, -0.25) is 30.3 Å². The summed E-state index contributed by atoms with van der Waals surface area (Å²) in [5.41, 5.74) is 5.78. The van der Waals surface area contributed by atoms with E-state index in [0.29, 0.717) is 27.7 Å². The Hall–Kier alpha value is -6.10. The van der Waals surface area contributed by atoms with Crippen LogP contribution in [0.1, 0.15) is 22.3 Å². The number of benzene rings is 5. The first kappa shape index (κ1) is 30.4. The minimum Gasteiger partial charge on any atom is -0.496 e. The SMILES string of the molecule is COc1ccccc1/C(=C(\B(c1ccc([N+](=O)[O-])cc1)c1ccc([N+](=O)[O-])cc1)c1ccc([N+](=O)[O-])cc1)c1ccc(C)cc1. The van der Waals surface area contributed by atoms with Gasteiger partial charge in [0.2, 0.25) is 6.71 Å². The summed E-state index contributed by atoms with van der Waals surface area (Å²) in [7, 11) is 1.57. The second-order valence-corrected chi connectivity index (χ2v) is 10.3. The zero-order valence-electron chi connectivity index (χ0n) is 24.3. The van der Waals surface area contributed by atoms with Gasteiger partial charge in [0.15, 0.2) is 0 Å². The van der Waals surface area contributed by atoms with Crippen LogP contribution in [-0.2, 0) is 0 Å². The standard InChI is InChI=1S/C34H26BN3O7/c1-23-7-9-24(10-8-23)33(31-5-3-4-6-32(31)45-2)34(25-11-17-28(18-12-25)36(39)40)35(26-13-19-29(20-14-26)37(41)42)27-15-21-30(22-16-27)38(43)44/h3-22H,1-2H3/b34-33-. The van der Waals surface area contributed by atoms with Crippen molar-refractivity contribution in [3.63, 3.8) is 0 Å². The Morgan fingerprint density at radius 3 is 1.44 bits per heavy atom. The molecule has 0 spiro atoms. The van der Waals surface area contributed by atoms with Crippen molar-refractivity contribution < 1.29 is 19.5 Å². The van der Waals surface area contributed by atoms with Gasteiger partial charge in [-0.1, -0.05) is 88.7 Å². The Kier molecular flexibility index (Phi) is 8.80. The number of hydrogen-bond acceptors (Lipinski definition) is 7. The molecule has 0 amide bonds. The molecule has 0 radical (unpaired) electrons. The number of para-hydroxylation sites is 1. The summed E-state index contributed by atoms with van der Waals surface area (Å²) in [5.74, 6) is 0.582. The molecule has 222 valence electrons. The van der Waals surface area contributed by atoms with Crippen molar-refractivity contribution in [2.75, 3.05) is 7.11 Å². The van der Waals surface area contributed by atoms with Gasteiger partial charge < -0.3 is 4.74 Å². The van der Waals surface area contributed by atoms with Crippen LogP contribution < -0.4 is 15.7 Å². The highest BCUT2D eigenvalue weighted by atomic mass is 16.6. The number of rotatable bonds is 10. The van der Waals surface area contributed by atoms with Gasteiger partial charge in [-0.15, -0.1) is 0 Å². The number of hydrogen-bond donors (Lipinski definition) is 0. The highest BCUT2D eigenvalue weighted by Crippen LogP contribution is 2.39. The fourth-order valence-electron chi connectivity index (χ4n) is 5.35. The molecule has 0 aliphatic rings. The highest BCUT2D eigenvalue weighted by Gasteiger charge is 2.31. The molecule has 5 rings (SSSR count). The minimum atomic E-state index is -0.630. The molecule has 0 aliphatic carbocycles. The Morgan fingerprint density at radius 2 is 1.00 bits per heavy atom. The Morgan fingerprint density at radius 1 is 0.578 bits per heavy atom. The molecular formula is C34H26BN3O7. The van der Waals surface area contributed by atoms with Crippen LogP contribution in [0.4, 0.5) is 17.1 Å². The Bertz CT molecular complexity index is 1850. The molecule has 5 aromatic carbocycles. The first-order valence-corrected chi connectivity index (χ1v) is 13.9. The van der Waals surface area contributed by atoms with E-state index in [1.54, 1.807) is 43.5 Å². The first-order valence-electron chi connectivity index (χ1n) is 13.9. The molecule has 0 heterocycles. The molecule has 10 nitrogen and oxygen atoms in total. The van der Waals surface area contributed by atoms with Crippen molar-refractivity contribution in [1.82, 2.24) is 0 Å². The smallest absolute Gasteiger partial charge is 0.269 e. The Balaban J connectivity index is 1.94. The van der Waals surface area contributed by atoms with Gasteiger partial charge >= 0.3 is 0 Å². The molecule has 0 saturated heterocycles. The van der Waals surface area contributed by atoms with E-state index < -0.39 is 21.5 Å². The van der Waals surface area contributed by atoms with Crippen molar-refractivity contribution in [2.24, 2.45) is 0 Å². The topological polar surface area (TPSA) is 139 Å². The third kappa shape index (κ3) is 6.47. The summed E-state index contributed by atoms with van der Waals surface area (Å²) in [6.45, 7) is 1.35. The van der Waals surface area contributed by atoms with Gasteiger partial charge in [0.25, 0.3) is 17.1 Å². The average Bonchev–Trinajstić information content (AvgIpc) is 3.06. The third-order valence-corrected chi connectivity index (χ3v) is 7.54. The van der Waals surface area contributed by atoms with Gasteiger partial charge in [0.05, 0.1) is 21.9 Å². The normalized spacial score (nSPS) is 11.3. The largest absolute Gasteiger partial charge is 0.496 e. The lowest BCUT2D eigenvalue weighted by Crippen LogP contribution is -2.44. The summed E-state index contributed by atoms with van der Waals surface area (Å²) in [6.07, 6.45) is 0. The molecule has 0 unspecified atom stereocenters. The summed E-state index contributed by atoms with van der Waals surface area (Å²) in [5, 5.41) is 34.7. The second-order valence-electron chi connectivity index (χ2n) is 10.3. The average molecular weight is 599 g/mol. The number of ether oxygens (including phenoxy) is 1. The molecule has 5 aromatic rings. The number of aryl methyl sites for hydroxylation is 1. The van der Waals surface area contributed by atoms with Crippen LogP contribution in [-0.4, -0.2) is 28.6 Å². The number of nitro benzene ring substituents is 3. The van der Waals surface area contributed by atoms with E-state index in [4.69, 9.17) is 4.74 Å². The number of methoxy groups -OCH3 is 1. The van der Waals surface area contributed by atoms with Gasteiger partial charge in [-0.05, 0) is 41.8 Å². The summed E-state index contributed by atoms with van der Waals surface area (Å²) in [4.78, 5) is 33.2. The predicted molar refractivity (Wildman–Crippen MR) is 174 cm³/mol. The molecule has 0 bridgehead atoms. The van der Waals surface area contributed by atoms with Crippen molar-refractivity contribution in [3.05, 3.63) is 174 Å². The fourth-order valence-corrected chi connectivity index (χ4v) is 5.35. The van der Waals surface area contributed by atoms with E-state index in [9.17, 15) is 30.3 Å². The minimum absolute atomic E-state index is 0.0884. The van der Waals surface area contributed by atoms with E-state index in [-0.39, 0.29) is 17.1 Å². The zero-order valence-corrected chi connectivity index (χ0v) is 24.3. The highest BCUT2D eigenvalue weighted by molar-refractivity contribution is 7.01. The number of non-ortho nitro benzene ring substituents is 3. The number of nitro groups is 3. The van der Waals surface area contributed by atoms with Crippen LogP contribution in [0.2, 0.25) is 0 Å². The second kappa shape index (κ2) is 13.0. The van der Waals surface area contributed by atoms with Crippen LogP contribution in [0, 0.1) is 37.3 Å². The van der Waals surface area contributed by atoms with Crippen LogP contribution >= 0.6 is 0 Å². The van der Waals surface area contributed by atoms with Crippen LogP contribution in [0.25, 0.3) is 11.0 Å². The van der Waals surface area contributed by atoms with Crippen LogP contribution in [0.5, 0.6) is 5.75 Å². The zero-order chi connectivity index (χ0) is 32.1. The summed E-state index contributed by atoms with van der Waals surface area (Å²) < 4.78 is 5.81. The van der Waals surface area contributed by atoms with Crippen LogP contribution in [0.3, 0.4) is 0 Å². The van der Waals surface area contributed by atoms with Gasteiger partial charge in [-0.25, -0.2) is 0 Å².